The first-order valence-electron chi connectivity index (χ1n) is 5.73. The molecule has 1 rings (SSSR count). The van der Waals surface area contributed by atoms with E-state index in [-0.39, 0.29) is 24.2 Å². The first-order chi connectivity index (χ1) is 7.34. The van der Waals surface area contributed by atoms with Crippen LogP contribution in [-0.2, 0) is 9.59 Å². The summed E-state index contributed by atoms with van der Waals surface area (Å²) in [5.41, 5.74) is 10.7. The van der Waals surface area contributed by atoms with Crippen LogP contribution >= 0.6 is 12.4 Å². The van der Waals surface area contributed by atoms with Gasteiger partial charge in [-0.25, -0.2) is 0 Å². The fraction of sp³-hybridized carbons (Fsp3) is 0.818. The van der Waals surface area contributed by atoms with Crippen LogP contribution in [0.2, 0.25) is 0 Å². The van der Waals surface area contributed by atoms with Crippen molar-refractivity contribution < 1.29 is 9.59 Å². The molecule has 0 aromatic rings. The monoisotopic (exact) mass is 263 g/mol. The molecule has 0 heterocycles. The van der Waals surface area contributed by atoms with Crippen molar-refractivity contribution in [1.82, 2.24) is 5.32 Å². The fourth-order valence-corrected chi connectivity index (χ4v) is 2.17. The van der Waals surface area contributed by atoms with Gasteiger partial charge in [0, 0.05) is 5.54 Å². The van der Waals surface area contributed by atoms with E-state index in [0.717, 1.165) is 25.7 Å². The Hall–Kier alpha value is -0.810. The van der Waals surface area contributed by atoms with Gasteiger partial charge in [-0.2, -0.15) is 0 Å². The second kappa shape index (κ2) is 6.21. The van der Waals surface area contributed by atoms with Crippen LogP contribution in [0.25, 0.3) is 0 Å². The normalized spacial score (nSPS) is 29.9. The molecule has 0 aromatic heterocycles. The summed E-state index contributed by atoms with van der Waals surface area (Å²) in [6, 6.07) is -0.634. The minimum atomic E-state index is -0.634. The third kappa shape index (κ3) is 4.16. The van der Waals surface area contributed by atoms with Crippen molar-refractivity contribution in [1.29, 1.82) is 0 Å². The second-order valence-corrected chi connectivity index (χ2v) is 4.94. The van der Waals surface area contributed by atoms with Crippen LogP contribution in [0.5, 0.6) is 0 Å². The van der Waals surface area contributed by atoms with Crippen molar-refractivity contribution in [2.24, 2.45) is 17.4 Å². The maximum Gasteiger partial charge on any atom is 0.239 e. The first-order valence-corrected chi connectivity index (χ1v) is 5.73. The average Bonchev–Trinajstić information content (AvgIpc) is 2.16. The minimum absolute atomic E-state index is 0. The van der Waals surface area contributed by atoms with Crippen molar-refractivity contribution >= 4 is 24.2 Å². The van der Waals surface area contributed by atoms with Gasteiger partial charge < -0.3 is 16.8 Å². The van der Waals surface area contributed by atoms with E-state index in [1.807, 2.05) is 6.92 Å². The Kier molecular flexibility index (Phi) is 5.92. The second-order valence-electron chi connectivity index (χ2n) is 4.94. The Bertz CT molecular complexity index is 294. The van der Waals surface area contributed by atoms with Gasteiger partial charge in [-0.1, -0.05) is 12.8 Å². The number of halogens is 1. The van der Waals surface area contributed by atoms with Crippen LogP contribution in [0.15, 0.2) is 0 Å². The lowest BCUT2D eigenvalue weighted by Gasteiger charge is -2.37. The third-order valence-electron chi connectivity index (χ3n) is 3.36. The molecule has 0 aromatic carbocycles. The number of carbonyl (C=O) groups is 2. The van der Waals surface area contributed by atoms with Crippen LogP contribution in [-0.4, -0.2) is 23.4 Å². The predicted octanol–water partition coefficient (Wildman–Crippen LogP) is 0.306. The van der Waals surface area contributed by atoms with E-state index in [1.54, 1.807) is 6.92 Å². The SMILES string of the molecule is C[C@H](NC(=O)C1CCCCC1(C)N)C(N)=O.Cl. The molecule has 0 saturated heterocycles. The summed E-state index contributed by atoms with van der Waals surface area (Å²) in [5, 5.41) is 2.61. The summed E-state index contributed by atoms with van der Waals surface area (Å²) < 4.78 is 0. The lowest BCUT2D eigenvalue weighted by Crippen LogP contribution is -2.55. The Labute approximate surface area is 108 Å². The molecule has 0 radical (unpaired) electrons. The molecule has 2 amide bonds. The number of hydrogen-bond donors (Lipinski definition) is 3. The highest BCUT2D eigenvalue weighted by Crippen LogP contribution is 2.31. The van der Waals surface area contributed by atoms with Gasteiger partial charge in [-0.15, -0.1) is 12.4 Å². The number of nitrogens with one attached hydrogen (secondary N) is 1. The number of nitrogens with two attached hydrogens (primary N) is 2. The van der Waals surface area contributed by atoms with Gasteiger partial charge in [0.15, 0.2) is 0 Å². The Morgan fingerprint density at radius 3 is 2.47 bits per heavy atom. The van der Waals surface area contributed by atoms with E-state index < -0.39 is 17.5 Å². The van der Waals surface area contributed by atoms with E-state index in [0.29, 0.717) is 0 Å². The summed E-state index contributed by atoms with van der Waals surface area (Å²) >= 11 is 0. The minimum Gasteiger partial charge on any atom is -0.368 e. The summed E-state index contributed by atoms with van der Waals surface area (Å²) in [6.45, 7) is 3.47. The van der Waals surface area contributed by atoms with Gasteiger partial charge in [-0.05, 0) is 26.7 Å². The van der Waals surface area contributed by atoms with E-state index in [4.69, 9.17) is 11.5 Å². The van der Waals surface area contributed by atoms with Gasteiger partial charge in [0.05, 0.1) is 5.92 Å². The molecule has 3 atom stereocenters. The number of carbonyl (C=O) groups excluding carboxylic acids is 2. The van der Waals surface area contributed by atoms with Crippen LogP contribution < -0.4 is 16.8 Å². The van der Waals surface area contributed by atoms with Crippen molar-refractivity contribution in [2.75, 3.05) is 0 Å². The Morgan fingerprint density at radius 2 is 2.00 bits per heavy atom. The molecular formula is C11H22ClN3O2. The van der Waals surface area contributed by atoms with Gasteiger partial charge >= 0.3 is 0 Å². The summed E-state index contributed by atoms with van der Waals surface area (Å²) in [6.07, 6.45) is 3.69. The molecule has 1 fully saturated rings. The first kappa shape index (κ1) is 16.2. The zero-order valence-corrected chi connectivity index (χ0v) is 11.2. The lowest BCUT2D eigenvalue weighted by molar-refractivity contribution is -0.132. The summed E-state index contributed by atoms with van der Waals surface area (Å²) in [7, 11) is 0. The molecule has 5 N–H and O–H groups in total. The molecule has 0 spiro atoms. The van der Waals surface area contributed by atoms with Crippen LogP contribution in [0.1, 0.15) is 39.5 Å². The van der Waals surface area contributed by atoms with E-state index in [1.165, 1.54) is 0 Å². The molecule has 5 nitrogen and oxygen atoms in total. The highest BCUT2D eigenvalue weighted by atomic mass is 35.5. The standard InChI is InChI=1S/C11H21N3O2.ClH/c1-7(9(12)15)14-10(16)8-5-3-4-6-11(8,2)13;/h7-8H,3-6,13H2,1-2H3,(H2,12,15)(H,14,16);1H/t7-,8?,11?;/m0./s1. The van der Waals surface area contributed by atoms with Gasteiger partial charge in [0.2, 0.25) is 11.8 Å². The molecule has 100 valence electrons. The summed E-state index contributed by atoms with van der Waals surface area (Å²) in [5.74, 6) is -0.901. The summed E-state index contributed by atoms with van der Waals surface area (Å²) in [4.78, 5) is 22.8. The number of amides is 2. The van der Waals surface area contributed by atoms with E-state index in [2.05, 4.69) is 5.32 Å². The van der Waals surface area contributed by atoms with Crippen molar-refractivity contribution in [3.8, 4) is 0 Å². The molecule has 0 bridgehead atoms. The highest BCUT2D eigenvalue weighted by Gasteiger charge is 2.38. The van der Waals surface area contributed by atoms with Crippen LogP contribution in [0, 0.1) is 5.92 Å². The average molecular weight is 264 g/mol. The van der Waals surface area contributed by atoms with Crippen molar-refractivity contribution in [3.63, 3.8) is 0 Å². The predicted molar refractivity (Wildman–Crippen MR) is 68.6 cm³/mol. The van der Waals surface area contributed by atoms with Gasteiger partial charge in [-0.3, -0.25) is 9.59 Å². The van der Waals surface area contributed by atoms with E-state index >= 15 is 0 Å². The topological polar surface area (TPSA) is 98.2 Å². The molecule has 1 aliphatic carbocycles. The molecular weight excluding hydrogens is 242 g/mol. The Balaban J connectivity index is 0.00000256. The van der Waals surface area contributed by atoms with E-state index in [9.17, 15) is 9.59 Å². The molecule has 1 aliphatic rings. The molecule has 0 aliphatic heterocycles. The third-order valence-corrected chi connectivity index (χ3v) is 3.36. The number of hydrogen-bond acceptors (Lipinski definition) is 3. The molecule has 6 heteroatoms. The maximum absolute atomic E-state index is 11.9. The zero-order chi connectivity index (χ0) is 12.3. The number of primary amides is 1. The Morgan fingerprint density at radius 1 is 1.41 bits per heavy atom. The van der Waals surface area contributed by atoms with Crippen molar-refractivity contribution in [2.45, 2.75) is 51.1 Å². The molecule has 17 heavy (non-hydrogen) atoms. The fourth-order valence-electron chi connectivity index (χ4n) is 2.17. The maximum atomic E-state index is 11.9. The quantitative estimate of drug-likeness (QED) is 0.683. The highest BCUT2D eigenvalue weighted by molar-refractivity contribution is 5.87. The lowest BCUT2D eigenvalue weighted by atomic mass is 9.74. The largest absolute Gasteiger partial charge is 0.368 e. The molecule has 2 unspecified atom stereocenters. The van der Waals surface area contributed by atoms with Gasteiger partial charge in [0.1, 0.15) is 6.04 Å². The smallest absolute Gasteiger partial charge is 0.239 e. The molecule has 1 saturated carbocycles. The van der Waals surface area contributed by atoms with Crippen molar-refractivity contribution in [3.05, 3.63) is 0 Å². The number of rotatable bonds is 3. The van der Waals surface area contributed by atoms with Crippen LogP contribution in [0.3, 0.4) is 0 Å². The zero-order valence-electron chi connectivity index (χ0n) is 10.4. The van der Waals surface area contributed by atoms with Crippen LogP contribution in [0.4, 0.5) is 0 Å². The van der Waals surface area contributed by atoms with Gasteiger partial charge in [0.25, 0.3) is 0 Å².